The first kappa shape index (κ1) is 20.7. The van der Waals surface area contributed by atoms with Crippen molar-refractivity contribution < 1.29 is 19.4 Å². The molecule has 1 heterocycles. The SMILES string of the molecule is COC(=O)c1ccn(COCC[Si](C)(C)C)c1C(O)c1ccc(Cl)cc1. The molecule has 0 radical (unpaired) electrons. The first-order valence-electron chi connectivity index (χ1n) is 8.51. The Morgan fingerprint density at radius 3 is 2.46 bits per heavy atom. The molecule has 0 bridgehead atoms. The van der Waals surface area contributed by atoms with Gasteiger partial charge in [0.1, 0.15) is 12.8 Å². The van der Waals surface area contributed by atoms with Crippen molar-refractivity contribution in [1.29, 1.82) is 0 Å². The van der Waals surface area contributed by atoms with Gasteiger partial charge < -0.3 is 19.1 Å². The maximum Gasteiger partial charge on any atom is 0.339 e. The monoisotopic (exact) mass is 395 g/mol. The van der Waals surface area contributed by atoms with Crippen molar-refractivity contribution in [3.05, 3.63) is 58.4 Å². The molecule has 5 nitrogen and oxygen atoms in total. The lowest BCUT2D eigenvalue weighted by Crippen LogP contribution is -2.22. The van der Waals surface area contributed by atoms with Gasteiger partial charge in [0.25, 0.3) is 0 Å². The van der Waals surface area contributed by atoms with Gasteiger partial charge in [0.15, 0.2) is 0 Å². The van der Waals surface area contributed by atoms with Gasteiger partial charge in [-0.25, -0.2) is 4.79 Å². The highest BCUT2D eigenvalue weighted by Crippen LogP contribution is 2.28. The Morgan fingerprint density at radius 2 is 1.88 bits per heavy atom. The highest BCUT2D eigenvalue weighted by molar-refractivity contribution is 6.76. The lowest BCUT2D eigenvalue weighted by atomic mass is 10.0. The summed E-state index contributed by atoms with van der Waals surface area (Å²) in [4.78, 5) is 12.1. The summed E-state index contributed by atoms with van der Waals surface area (Å²) >= 11 is 5.92. The van der Waals surface area contributed by atoms with Crippen molar-refractivity contribution >= 4 is 25.6 Å². The maximum atomic E-state index is 12.1. The molecule has 0 spiro atoms. The minimum atomic E-state index is -1.18. The Labute approximate surface area is 160 Å². The van der Waals surface area contributed by atoms with Crippen LogP contribution in [0.5, 0.6) is 0 Å². The number of esters is 1. The van der Waals surface area contributed by atoms with E-state index in [1.54, 1.807) is 41.1 Å². The first-order valence-corrected chi connectivity index (χ1v) is 12.6. The van der Waals surface area contributed by atoms with E-state index in [2.05, 4.69) is 19.6 Å². The normalized spacial score (nSPS) is 12.8. The maximum absolute atomic E-state index is 12.1. The van der Waals surface area contributed by atoms with E-state index in [9.17, 15) is 9.90 Å². The van der Waals surface area contributed by atoms with Crippen molar-refractivity contribution in [3.63, 3.8) is 0 Å². The van der Waals surface area contributed by atoms with E-state index in [0.717, 1.165) is 6.04 Å². The van der Waals surface area contributed by atoms with E-state index >= 15 is 0 Å². The highest BCUT2D eigenvalue weighted by atomic mass is 35.5. The van der Waals surface area contributed by atoms with Crippen LogP contribution in [-0.2, 0) is 16.2 Å². The Balaban J connectivity index is 2.24. The summed E-state index contributed by atoms with van der Waals surface area (Å²) in [5.74, 6) is -0.492. The van der Waals surface area contributed by atoms with Gasteiger partial charge in [-0.05, 0) is 29.8 Å². The Bertz CT molecular complexity index is 737. The molecule has 1 atom stereocenters. The molecular formula is C19H26ClNO4Si. The lowest BCUT2D eigenvalue weighted by Gasteiger charge is -2.19. The van der Waals surface area contributed by atoms with Crippen LogP contribution in [0.4, 0.5) is 0 Å². The summed E-state index contributed by atoms with van der Waals surface area (Å²) < 4.78 is 12.4. The largest absolute Gasteiger partial charge is 0.465 e. The molecule has 0 fully saturated rings. The summed E-state index contributed by atoms with van der Waals surface area (Å²) in [5, 5.41) is 11.4. The quantitative estimate of drug-likeness (QED) is 0.410. The fraction of sp³-hybridized carbons (Fsp3) is 0.421. The van der Waals surface area contributed by atoms with E-state index < -0.39 is 20.1 Å². The molecule has 1 N–H and O–H groups in total. The topological polar surface area (TPSA) is 60.7 Å². The van der Waals surface area contributed by atoms with Crippen LogP contribution in [0, 0.1) is 0 Å². The van der Waals surface area contributed by atoms with Crippen molar-refractivity contribution in [2.24, 2.45) is 0 Å². The van der Waals surface area contributed by atoms with E-state index in [1.807, 2.05) is 0 Å². The number of aromatic nitrogens is 1. The Morgan fingerprint density at radius 1 is 1.23 bits per heavy atom. The zero-order chi connectivity index (χ0) is 19.3. The first-order chi connectivity index (χ1) is 12.2. The average Bonchev–Trinajstić information content (AvgIpc) is 3.01. The van der Waals surface area contributed by atoms with Gasteiger partial charge in [-0.1, -0.05) is 43.4 Å². The van der Waals surface area contributed by atoms with Crippen LogP contribution in [0.1, 0.15) is 27.7 Å². The zero-order valence-electron chi connectivity index (χ0n) is 15.7. The summed E-state index contributed by atoms with van der Waals surface area (Å²) in [7, 11) is 0.144. The fourth-order valence-electron chi connectivity index (χ4n) is 2.53. The number of nitrogens with zero attached hydrogens (tertiary/aromatic N) is 1. The molecule has 7 heteroatoms. The number of carbonyl (C=O) groups excluding carboxylic acids is 1. The second-order valence-corrected chi connectivity index (χ2v) is 13.4. The molecule has 1 unspecified atom stereocenters. The predicted molar refractivity (Wildman–Crippen MR) is 105 cm³/mol. The molecule has 0 amide bonds. The molecule has 1 aromatic heterocycles. The van der Waals surface area contributed by atoms with Crippen LogP contribution < -0.4 is 0 Å². The van der Waals surface area contributed by atoms with E-state index in [1.165, 1.54) is 7.11 Å². The number of aliphatic hydroxyl groups is 1. The summed E-state index contributed by atoms with van der Waals surface area (Å²) in [6.07, 6.45) is 0.742. The minimum absolute atomic E-state index is 0.265. The second kappa shape index (κ2) is 8.86. The fourth-order valence-corrected chi connectivity index (χ4v) is 3.41. The number of hydrogen-bond acceptors (Lipinski definition) is 4. The number of rotatable bonds is 8. The molecule has 142 valence electrons. The van der Waals surface area contributed by atoms with Crippen LogP contribution in [0.2, 0.25) is 30.7 Å². The van der Waals surface area contributed by atoms with Crippen LogP contribution >= 0.6 is 11.6 Å². The van der Waals surface area contributed by atoms with Crippen molar-refractivity contribution in [2.45, 2.75) is 38.5 Å². The van der Waals surface area contributed by atoms with Crippen LogP contribution in [0.3, 0.4) is 0 Å². The van der Waals surface area contributed by atoms with Gasteiger partial charge >= 0.3 is 5.97 Å². The number of methoxy groups -OCH3 is 1. The molecule has 26 heavy (non-hydrogen) atoms. The Hall–Kier alpha value is -1.60. The molecule has 0 aliphatic heterocycles. The number of ether oxygens (including phenoxy) is 2. The number of carbonyl (C=O) groups is 1. The number of hydrogen-bond donors (Lipinski definition) is 1. The molecule has 0 saturated heterocycles. The van der Waals surface area contributed by atoms with Gasteiger partial charge in [0.05, 0.1) is 18.4 Å². The summed E-state index contributed by atoms with van der Waals surface area (Å²) in [6, 6.07) is 9.57. The van der Waals surface area contributed by atoms with Crippen LogP contribution in [0.15, 0.2) is 36.5 Å². The second-order valence-electron chi connectivity index (χ2n) is 7.38. The van der Waals surface area contributed by atoms with E-state index in [0.29, 0.717) is 28.5 Å². The average molecular weight is 396 g/mol. The number of aliphatic hydroxyl groups excluding tert-OH is 1. The smallest absolute Gasteiger partial charge is 0.339 e. The van der Waals surface area contributed by atoms with Gasteiger partial charge in [0, 0.05) is 25.9 Å². The van der Waals surface area contributed by atoms with Gasteiger partial charge in [-0.3, -0.25) is 0 Å². The number of halogens is 1. The predicted octanol–water partition coefficient (Wildman–Crippen LogP) is 4.32. The van der Waals surface area contributed by atoms with Gasteiger partial charge in [-0.2, -0.15) is 0 Å². The molecule has 0 aliphatic rings. The Kier molecular flexibility index (Phi) is 7.06. The third-order valence-corrected chi connectivity index (χ3v) is 6.04. The third kappa shape index (κ3) is 5.44. The molecule has 0 aliphatic carbocycles. The highest BCUT2D eigenvalue weighted by Gasteiger charge is 2.24. The molecule has 0 saturated carbocycles. The minimum Gasteiger partial charge on any atom is -0.465 e. The van der Waals surface area contributed by atoms with Crippen molar-refractivity contribution in [1.82, 2.24) is 4.57 Å². The molecule has 2 aromatic rings. The van der Waals surface area contributed by atoms with E-state index in [-0.39, 0.29) is 6.73 Å². The molecular weight excluding hydrogens is 370 g/mol. The molecule has 2 rings (SSSR count). The summed E-state index contributed by atoms with van der Waals surface area (Å²) in [6.45, 7) is 7.78. The van der Waals surface area contributed by atoms with E-state index in [4.69, 9.17) is 21.1 Å². The zero-order valence-corrected chi connectivity index (χ0v) is 17.4. The van der Waals surface area contributed by atoms with Crippen molar-refractivity contribution in [2.75, 3.05) is 13.7 Å². The molecule has 1 aromatic carbocycles. The van der Waals surface area contributed by atoms with Crippen LogP contribution in [-0.4, -0.2) is 37.4 Å². The third-order valence-electron chi connectivity index (χ3n) is 4.08. The summed E-state index contributed by atoms with van der Waals surface area (Å²) in [5.41, 5.74) is 1.41. The standard InChI is InChI=1S/C19H26ClNO4Si/c1-24-19(23)16-9-10-21(13-25-11-12-26(2,3)4)17(16)18(22)14-5-7-15(20)8-6-14/h5-10,18,22H,11-13H2,1-4H3. The van der Waals surface area contributed by atoms with Gasteiger partial charge in [0.2, 0.25) is 0 Å². The van der Waals surface area contributed by atoms with Crippen molar-refractivity contribution in [3.8, 4) is 0 Å². The lowest BCUT2D eigenvalue weighted by molar-refractivity contribution is 0.0587. The van der Waals surface area contributed by atoms with Crippen LogP contribution in [0.25, 0.3) is 0 Å². The van der Waals surface area contributed by atoms with Gasteiger partial charge in [-0.15, -0.1) is 0 Å². The number of benzene rings is 1.